The van der Waals surface area contributed by atoms with Crippen LogP contribution in [0.25, 0.3) is 22.4 Å². The smallest absolute Gasteiger partial charge is 0.433 e. The van der Waals surface area contributed by atoms with Gasteiger partial charge in [0.15, 0.2) is 11.5 Å². The molecule has 0 unspecified atom stereocenters. The van der Waals surface area contributed by atoms with Crippen molar-refractivity contribution in [1.82, 2.24) is 19.8 Å². The summed E-state index contributed by atoms with van der Waals surface area (Å²) in [5.74, 6) is -0.883. The largest absolute Gasteiger partial charge is 0.494 e. The number of hydrogen-bond donors (Lipinski definition) is 1. The maximum atomic E-state index is 13.2. The van der Waals surface area contributed by atoms with Crippen LogP contribution in [0.2, 0.25) is 0 Å². The van der Waals surface area contributed by atoms with Gasteiger partial charge in [-0.3, -0.25) is 9.59 Å². The molecule has 1 atom stereocenters. The predicted octanol–water partition coefficient (Wildman–Crippen LogP) is 3.19. The lowest BCUT2D eigenvalue weighted by Gasteiger charge is -2.33. The van der Waals surface area contributed by atoms with E-state index in [0.29, 0.717) is 0 Å². The first-order valence-corrected chi connectivity index (χ1v) is 11.0. The van der Waals surface area contributed by atoms with Gasteiger partial charge in [0, 0.05) is 30.6 Å². The molecule has 0 aliphatic carbocycles. The number of nitrogens with two attached hydrogens (primary N) is 1. The van der Waals surface area contributed by atoms with Gasteiger partial charge in [0.05, 0.1) is 13.2 Å². The number of amides is 2. The third-order valence-electron chi connectivity index (χ3n) is 5.79. The summed E-state index contributed by atoms with van der Waals surface area (Å²) in [6.45, 7) is 0.929. The number of methoxy groups -OCH3 is 1. The van der Waals surface area contributed by atoms with Gasteiger partial charge in [-0.15, -0.1) is 0 Å². The Bertz CT molecular complexity index is 1310. The first kappa shape index (κ1) is 25.4. The Hall–Kier alpha value is -3.74. The van der Waals surface area contributed by atoms with Gasteiger partial charge < -0.3 is 24.7 Å². The van der Waals surface area contributed by atoms with Gasteiger partial charge in [-0.05, 0) is 31.2 Å². The molecule has 1 fully saturated rings. The molecule has 2 amide bonds. The molecule has 1 aliphatic heterocycles. The second-order valence-corrected chi connectivity index (χ2v) is 8.22. The van der Waals surface area contributed by atoms with E-state index >= 15 is 0 Å². The molecule has 3 aromatic rings. The van der Waals surface area contributed by atoms with Crippen molar-refractivity contribution in [2.45, 2.75) is 19.1 Å². The van der Waals surface area contributed by atoms with Crippen molar-refractivity contribution in [3.8, 4) is 17.2 Å². The number of aromatic nitrogens is 2. The molecule has 0 saturated carbocycles. The monoisotopic (exact) mass is 509 g/mol. The number of nitrogens with zero attached hydrogens (tertiary/aromatic N) is 4. The van der Waals surface area contributed by atoms with E-state index < -0.39 is 36.4 Å². The van der Waals surface area contributed by atoms with E-state index in [4.69, 9.17) is 14.9 Å². The number of hydrogen-bond acceptors (Lipinski definition) is 7. The molecule has 3 heterocycles. The minimum atomic E-state index is -4.66. The molecule has 4 rings (SSSR count). The molecule has 13 heteroatoms. The Morgan fingerprint density at radius 2 is 1.97 bits per heavy atom. The Morgan fingerprint density at radius 1 is 1.22 bits per heavy atom. The average molecular weight is 509 g/mol. The SMILES string of the molecule is COc1ccc(-c2nc(C(=O)N3CCN(CCF)C(=O)C3)c([C@H](C)N)o2)c2ccc(C(F)(F)F)nc12. The van der Waals surface area contributed by atoms with Crippen LogP contribution in [0.5, 0.6) is 5.75 Å². The van der Waals surface area contributed by atoms with E-state index in [1.165, 1.54) is 35.1 Å². The Kier molecular flexibility index (Phi) is 6.85. The minimum absolute atomic E-state index is 0.0469. The molecule has 9 nitrogen and oxygen atoms in total. The van der Waals surface area contributed by atoms with Crippen LogP contribution >= 0.6 is 0 Å². The quantitative estimate of drug-likeness (QED) is 0.508. The van der Waals surface area contributed by atoms with E-state index in [-0.39, 0.29) is 65.7 Å². The Balaban J connectivity index is 1.75. The number of alkyl halides is 4. The number of oxazole rings is 1. The predicted molar refractivity (Wildman–Crippen MR) is 120 cm³/mol. The van der Waals surface area contributed by atoms with Gasteiger partial charge in [0.1, 0.15) is 30.2 Å². The van der Waals surface area contributed by atoms with E-state index in [1.54, 1.807) is 6.92 Å². The number of piperazine rings is 1. The normalized spacial score (nSPS) is 15.5. The number of rotatable bonds is 6. The average Bonchev–Trinajstić information content (AvgIpc) is 3.29. The lowest BCUT2D eigenvalue weighted by molar-refractivity contribution is -0.141. The van der Waals surface area contributed by atoms with E-state index in [0.717, 1.165) is 6.07 Å². The zero-order valence-corrected chi connectivity index (χ0v) is 19.4. The first-order valence-electron chi connectivity index (χ1n) is 11.0. The molecular formula is C23H23F4N5O4. The number of ether oxygens (including phenoxy) is 1. The van der Waals surface area contributed by atoms with Crippen molar-refractivity contribution in [3.63, 3.8) is 0 Å². The van der Waals surface area contributed by atoms with E-state index in [1.807, 2.05) is 0 Å². The van der Waals surface area contributed by atoms with Crippen LogP contribution in [0.4, 0.5) is 17.6 Å². The molecule has 0 bridgehead atoms. The molecule has 192 valence electrons. The van der Waals surface area contributed by atoms with E-state index in [9.17, 15) is 27.2 Å². The molecule has 1 aromatic carbocycles. The maximum Gasteiger partial charge on any atom is 0.433 e. The summed E-state index contributed by atoms with van der Waals surface area (Å²) in [7, 11) is 1.31. The van der Waals surface area contributed by atoms with Crippen molar-refractivity contribution in [2.24, 2.45) is 5.73 Å². The highest BCUT2D eigenvalue weighted by atomic mass is 19.4. The van der Waals surface area contributed by atoms with Crippen LogP contribution in [-0.2, 0) is 11.0 Å². The third-order valence-corrected chi connectivity index (χ3v) is 5.79. The van der Waals surface area contributed by atoms with Gasteiger partial charge in [0.2, 0.25) is 11.8 Å². The lowest BCUT2D eigenvalue weighted by atomic mass is 10.1. The number of pyridine rings is 1. The molecule has 0 radical (unpaired) electrons. The van der Waals surface area contributed by atoms with Crippen LogP contribution in [0, 0.1) is 0 Å². The number of halogens is 4. The molecule has 0 spiro atoms. The van der Waals surface area contributed by atoms with Crippen LogP contribution in [0.15, 0.2) is 28.7 Å². The fourth-order valence-corrected chi connectivity index (χ4v) is 3.98. The molecular weight excluding hydrogens is 486 g/mol. The van der Waals surface area contributed by atoms with Crippen molar-refractivity contribution < 1.29 is 36.3 Å². The zero-order chi connectivity index (χ0) is 26.2. The van der Waals surface area contributed by atoms with Gasteiger partial charge in [-0.25, -0.2) is 14.4 Å². The van der Waals surface area contributed by atoms with Gasteiger partial charge in [-0.2, -0.15) is 13.2 Å². The summed E-state index contributed by atoms with van der Waals surface area (Å²) in [5, 5.41) is 0.258. The van der Waals surface area contributed by atoms with Gasteiger partial charge in [-0.1, -0.05) is 0 Å². The number of carbonyl (C=O) groups excluding carboxylic acids is 2. The lowest BCUT2D eigenvalue weighted by Crippen LogP contribution is -2.52. The summed E-state index contributed by atoms with van der Waals surface area (Å²) >= 11 is 0. The highest BCUT2D eigenvalue weighted by Gasteiger charge is 2.34. The van der Waals surface area contributed by atoms with Gasteiger partial charge >= 0.3 is 6.18 Å². The van der Waals surface area contributed by atoms with E-state index in [2.05, 4.69) is 9.97 Å². The summed E-state index contributed by atoms with van der Waals surface area (Å²) < 4.78 is 63.4. The zero-order valence-electron chi connectivity index (χ0n) is 19.4. The number of fused-ring (bicyclic) bond motifs is 1. The minimum Gasteiger partial charge on any atom is -0.494 e. The van der Waals surface area contributed by atoms with Crippen molar-refractivity contribution in [3.05, 3.63) is 41.4 Å². The fraction of sp³-hybridized carbons (Fsp3) is 0.391. The topological polar surface area (TPSA) is 115 Å². The number of benzene rings is 1. The highest BCUT2D eigenvalue weighted by Crippen LogP contribution is 2.37. The second-order valence-electron chi connectivity index (χ2n) is 8.22. The van der Waals surface area contributed by atoms with Gasteiger partial charge in [0.25, 0.3) is 5.91 Å². The van der Waals surface area contributed by atoms with Crippen LogP contribution in [0.3, 0.4) is 0 Å². The number of carbonyl (C=O) groups is 2. The van der Waals surface area contributed by atoms with Crippen molar-refractivity contribution in [1.29, 1.82) is 0 Å². The molecule has 1 saturated heterocycles. The summed E-state index contributed by atoms with van der Waals surface area (Å²) in [4.78, 5) is 36.2. The second kappa shape index (κ2) is 9.72. The van der Waals surface area contributed by atoms with Crippen molar-refractivity contribution >= 4 is 22.7 Å². The molecule has 1 aliphatic rings. The first-order chi connectivity index (χ1) is 17.0. The Morgan fingerprint density at radius 3 is 2.58 bits per heavy atom. The Labute approximate surface area is 202 Å². The summed E-state index contributed by atoms with van der Waals surface area (Å²) in [5.41, 5.74) is 5.01. The van der Waals surface area contributed by atoms with Crippen molar-refractivity contribution in [2.75, 3.05) is 40.0 Å². The highest BCUT2D eigenvalue weighted by molar-refractivity contribution is 5.99. The fourth-order valence-electron chi connectivity index (χ4n) is 3.98. The standard InChI is InChI=1S/C23H23F4N5O4/c1-12(28)20-19(22(34)32-10-9-31(8-7-24)17(33)11-32)30-21(36-20)14-3-5-15(35-2)18-13(14)4-6-16(29-18)23(25,26)27/h3-6,12H,7-11,28H2,1-2H3/t12-/m0/s1. The molecule has 2 aromatic heterocycles. The molecule has 36 heavy (non-hydrogen) atoms. The van der Waals surface area contributed by atoms with Crippen LogP contribution in [0.1, 0.15) is 34.9 Å². The summed E-state index contributed by atoms with van der Waals surface area (Å²) in [6.07, 6.45) is -4.66. The maximum absolute atomic E-state index is 13.2. The van der Waals surface area contributed by atoms with Crippen LogP contribution in [-0.4, -0.2) is 71.5 Å². The summed E-state index contributed by atoms with van der Waals surface area (Å²) in [6, 6.07) is 4.25. The third kappa shape index (κ3) is 4.70. The molecule has 2 N–H and O–H groups in total. The van der Waals surface area contributed by atoms with Crippen LogP contribution < -0.4 is 10.5 Å².